The van der Waals surface area contributed by atoms with Crippen molar-refractivity contribution >= 4 is 9.84 Å². The zero-order valence-corrected chi connectivity index (χ0v) is 9.80. The third-order valence-electron chi connectivity index (χ3n) is 3.42. The standard InChI is InChI=1S/C10H20N2O2S/c11-10(7-12-9-1-2-9)8-3-5-15(13,14)6-4-8/h8-10,12H,1-7,11H2. The summed E-state index contributed by atoms with van der Waals surface area (Å²) in [6.07, 6.45) is 4.03. The van der Waals surface area contributed by atoms with Crippen molar-refractivity contribution in [2.24, 2.45) is 11.7 Å². The van der Waals surface area contributed by atoms with Crippen LogP contribution in [0.2, 0.25) is 0 Å². The van der Waals surface area contributed by atoms with Crippen molar-refractivity contribution < 1.29 is 8.42 Å². The molecule has 88 valence electrons. The van der Waals surface area contributed by atoms with E-state index in [1.165, 1.54) is 12.8 Å². The summed E-state index contributed by atoms with van der Waals surface area (Å²) in [5, 5.41) is 3.40. The van der Waals surface area contributed by atoms with Crippen molar-refractivity contribution in [1.29, 1.82) is 0 Å². The van der Waals surface area contributed by atoms with E-state index >= 15 is 0 Å². The predicted octanol–water partition coefficient (Wildman–Crippen LogP) is -0.110. The fourth-order valence-corrected chi connectivity index (χ4v) is 3.62. The molecule has 1 atom stereocenters. The van der Waals surface area contributed by atoms with Gasteiger partial charge in [-0.3, -0.25) is 0 Å². The molecule has 0 aromatic rings. The number of sulfone groups is 1. The monoisotopic (exact) mass is 232 g/mol. The smallest absolute Gasteiger partial charge is 0.150 e. The zero-order chi connectivity index (χ0) is 10.9. The van der Waals surface area contributed by atoms with E-state index in [9.17, 15) is 8.42 Å². The van der Waals surface area contributed by atoms with Crippen molar-refractivity contribution in [2.75, 3.05) is 18.1 Å². The van der Waals surface area contributed by atoms with Crippen molar-refractivity contribution in [2.45, 2.75) is 37.8 Å². The minimum atomic E-state index is -2.74. The number of nitrogens with two attached hydrogens (primary N) is 1. The third kappa shape index (κ3) is 3.43. The van der Waals surface area contributed by atoms with Gasteiger partial charge in [0.15, 0.2) is 0 Å². The summed E-state index contributed by atoms with van der Waals surface area (Å²) in [6.45, 7) is 0.843. The molecule has 3 N–H and O–H groups in total. The van der Waals surface area contributed by atoms with E-state index in [1.807, 2.05) is 0 Å². The highest BCUT2D eigenvalue weighted by Gasteiger charge is 2.29. The number of rotatable bonds is 4. The van der Waals surface area contributed by atoms with Crippen LogP contribution in [0, 0.1) is 5.92 Å². The Morgan fingerprint density at radius 1 is 1.20 bits per heavy atom. The zero-order valence-electron chi connectivity index (χ0n) is 8.98. The van der Waals surface area contributed by atoms with E-state index in [0.29, 0.717) is 23.5 Å². The first-order chi connectivity index (χ1) is 7.07. The van der Waals surface area contributed by atoms with E-state index in [1.54, 1.807) is 0 Å². The molecule has 1 aliphatic heterocycles. The van der Waals surface area contributed by atoms with Crippen LogP contribution in [0.25, 0.3) is 0 Å². The summed E-state index contributed by atoms with van der Waals surface area (Å²) in [7, 11) is -2.74. The Kier molecular flexibility index (Phi) is 3.33. The quantitative estimate of drug-likeness (QED) is 0.709. The molecule has 0 radical (unpaired) electrons. The first-order valence-corrected chi connectivity index (χ1v) is 7.58. The van der Waals surface area contributed by atoms with E-state index < -0.39 is 9.84 Å². The Labute approximate surface area is 91.5 Å². The number of hydrogen-bond donors (Lipinski definition) is 2. The molecular formula is C10H20N2O2S. The molecule has 0 aromatic carbocycles. The average molecular weight is 232 g/mol. The second-order valence-electron chi connectivity index (χ2n) is 4.84. The largest absolute Gasteiger partial charge is 0.326 e. The molecule has 0 aromatic heterocycles. The van der Waals surface area contributed by atoms with Crippen LogP contribution in [-0.4, -0.2) is 38.6 Å². The van der Waals surface area contributed by atoms with Crippen molar-refractivity contribution in [3.05, 3.63) is 0 Å². The first kappa shape index (κ1) is 11.4. The maximum Gasteiger partial charge on any atom is 0.150 e. The fraction of sp³-hybridized carbons (Fsp3) is 1.00. The van der Waals surface area contributed by atoms with Gasteiger partial charge < -0.3 is 11.1 Å². The molecule has 4 nitrogen and oxygen atoms in total. The Hall–Kier alpha value is -0.130. The highest BCUT2D eigenvalue weighted by molar-refractivity contribution is 7.91. The van der Waals surface area contributed by atoms with Gasteiger partial charge in [-0.05, 0) is 31.6 Å². The highest BCUT2D eigenvalue weighted by Crippen LogP contribution is 2.22. The van der Waals surface area contributed by atoms with Crippen LogP contribution in [0.4, 0.5) is 0 Å². The maximum atomic E-state index is 11.2. The van der Waals surface area contributed by atoms with Gasteiger partial charge >= 0.3 is 0 Å². The van der Waals surface area contributed by atoms with E-state index in [-0.39, 0.29) is 6.04 Å². The van der Waals surface area contributed by atoms with Crippen LogP contribution < -0.4 is 11.1 Å². The van der Waals surface area contributed by atoms with Crippen LogP contribution in [0.15, 0.2) is 0 Å². The Morgan fingerprint density at radius 3 is 2.33 bits per heavy atom. The summed E-state index contributed by atoms with van der Waals surface area (Å²) in [5.41, 5.74) is 6.06. The topological polar surface area (TPSA) is 72.2 Å². The molecule has 15 heavy (non-hydrogen) atoms. The molecule has 2 fully saturated rings. The van der Waals surface area contributed by atoms with Crippen LogP contribution in [-0.2, 0) is 9.84 Å². The van der Waals surface area contributed by atoms with Gasteiger partial charge in [-0.25, -0.2) is 8.42 Å². The maximum absolute atomic E-state index is 11.2. The minimum Gasteiger partial charge on any atom is -0.326 e. The Bertz CT molecular complexity index is 297. The summed E-state index contributed by atoms with van der Waals surface area (Å²) >= 11 is 0. The molecule has 1 heterocycles. The van der Waals surface area contributed by atoms with Gasteiger partial charge in [-0.1, -0.05) is 0 Å². The van der Waals surface area contributed by atoms with Crippen molar-refractivity contribution in [3.63, 3.8) is 0 Å². The summed E-state index contributed by atoms with van der Waals surface area (Å²) in [6, 6.07) is 0.810. The summed E-state index contributed by atoms with van der Waals surface area (Å²) in [4.78, 5) is 0. The van der Waals surface area contributed by atoms with Gasteiger partial charge in [0, 0.05) is 18.6 Å². The second-order valence-corrected chi connectivity index (χ2v) is 7.14. The van der Waals surface area contributed by atoms with Gasteiger partial charge in [0.1, 0.15) is 9.84 Å². The molecule has 0 spiro atoms. The van der Waals surface area contributed by atoms with Gasteiger partial charge in [0.05, 0.1) is 11.5 Å². The van der Waals surface area contributed by atoms with E-state index in [0.717, 1.165) is 19.4 Å². The molecule has 1 aliphatic carbocycles. The van der Waals surface area contributed by atoms with E-state index in [4.69, 9.17) is 5.73 Å². The van der Waals surface area contributed by atoms with Crippen LogP contribution in [0.5, 0.6) is 0 Å². The third-order valence-corrected chi connectivity index (χ3v) is 5.14. The minimum absolute atomic E-state index is 0.126. The molecule has 5 heteroatoms. The lowest BCUT2D eigenvalue weighted by Crippen LogP contribution is -2.43. The second kappa shape index (κ2) is 4.39. The fourth-order valence-electron chi connectivity index (χ4n) is 2.09. The SMILES string of the molecule is NC(CNC1CC1)C1CCS(=O)(=O)CC1. The molecule has 2 rings (SSSR count). The van der Waals surface area contributed by atoms with Crippen LogP contribution in [0.1, 0.15) is 25.7 Å². The molecule has 0 amide bonds. The van der Waals surface area contributed by atoms with E-state index in [2.05, 4.69) is 5.32 Å². The average Bonchev–Trinajstić information content (AvgIpc) is 2.97. The Morgan fingerprint density at radius 2 is 1.80 bits per heavy atom. The first-order valence-electron chi connectivity index (χ1n) is 5.76. The Balaban J connectivity index is 1.73. The molecule has 1 saturated carbocycles. The van der Waals surface area contributed by atoms with Crippen LogP contribution in [0.3, 0.4) is 0 Å². The van der Waals surface area contributed by atoms with Crippen molar-refractivity contribution in [3.8, 4) is 0 Å². The van der Waals surface area contributed by atoms with Gasteiger partial charge in [0.25, 0.3) is 0 Å². The number of hydrogen-bond acceptors (Lipinski definition) is 4. The van der Waals surface area contributed by atoms with Gasteiger partial charge in [0.2, 0.25) is 0 Å². The highest BCUT2D eigenvalue weighted by atomic mass is 32.2. The normalized spacial score (nSPS) is 28.9. The molecule has 1 unspecified atom stereocenters. The molecular weight excluding hydrogens is 212 g/mol. The lowest BCUT2D eigenvalue weighted by molar-refractivity contribution is 0.368. The lowest BCUT2D eigenvalue weighted by Gasteiger charge is -2.27. The van der Waals surface area contributed by atoms with Gasteiger partial charge in [-0.15, -0.1) is 0 Å². The van der Waals surface area contributed by atoms with Crippen molar-refractivity contribution in [1.82, 2.24) is 5.32 Å². The predicted molar refractivity (Wildman–Crippen MR) is 60.4 cm³/mol. The summed E-state index contributed by atoms with van der Waals surface area (Å²) in [5.74, 6) is 1.05. The molecule has 0 bridgehead atoms. The molecule has 2 aliphatic rings. The summed E-state index contributed by atoms with van der Waals surface area (Å²) < 4.78 is 22.5. The van der Waals surface area contributed by atoms with Gasteiger partial charge in [-0.2, -0.15) is 0 Å². The van der Waals surface area contributed by atoms with Crippen LogP contribution >= 0.6 is 0 Å². The number of nitrogens with one attached hydrogen (secondary N) is 1. The molecule has 1 saturated heterocycles. The lowest BCUT2D eigenvalue weighted by atomic mass is 9.94.